The molecular weight excluding hydrogens is 259 g/mol. The first-order valence-corrected chi connectivity index (χ1v) is 6.99. The van der Waals surface area contributed by atoms with Crippen molar-refractivity contribution in [3.8, 4) is 0 Å². The zero-order valence-electron chi connectivity index (χ0n) is 10.3. The van der Waals surface area contributed by atoms with Crippen molar-refractivity contribution >= 4 is 15.7 Å². The summed E-state index contributed by atoms with van der Waals surface area (Å²) in [6, 6.07) is 2.78. The molecule has 3 N–H and O–H groups in total. The van der Waals surface area contributed by atoms with Crippen molar-refractivity contribution in [2.24, 2.45) is 0 Å². The molecule has 0 fully saturated rings. The fraction of sp³-hybridized carbons (Fsp3) is 0.455. The van der Waals surface area contributed by atoms with Crippen LogP contribution in [0.25, 0.3) is 0 Å². The minimum absolute atomic E-state index is 0.0628. The quantitative estimate of drug-likeness (QED) is 0.763. The zero-order chi connectivity index (χ0) is 13.8. The van der Waals surface area contributed by atoms with Gasteiger partial charge in [0.25, 0.3) is 0 Å². The molecule has 0 amide bonds. The Hall–Kier alpha value is -1.18. The van der Waals surface area contributed by atoms with Gasteiger partial charge in [-0.25, -0.2) is 17.5 Å². The Balaban J connectivity index is 2.86. The molecule has 1 aromatic carbocycles. The smallest absolute Gasteiger partial charge is 0.241 e. The molecule has 18 heavy (non-hydrogen) atoms. The largest absolute Gasteiger partial charge is 0.399 e. The minimum Gasteiger partial charge on any atom is -0.399 e. The summed E-state index contributed by atoms with van der Waals surface area (Å²) in [5.41, 5.74) is 5.47. The van der Waals surface area contributed by atoms with Gasteiger partial charge in [-0.05, 0) is 32.0 Å². The molecule has 0 aromatic heterocycles. The van der Waals surface area contributed by atoms with Crippen molar-refractivity contribution in [1.29, 1.82) is 0 Å². The van der Waals surface area contributed by atoms with Gasteiger partial charge in [0.05, 0.1) is 11.5 Å². The lowest BCUT2D eigenvalue weighted by atomic mass is 10.3. The molecule has 0 bridgehead atoms. The molecule has 1 unspecified atom stereocenters. The number of halogens is 1. The van der Waals surface area contributed by atoms with Crippen molar-refractivity contribution in [1.82, 2.24) is 4.72 Å². The van der Waals surface area contributed by atoms with E-state index in [1.165, 1.54) is 6.07 Å². The molecule has 0 aliphatic carbocycles. The Bertz CT molecular complexity index is 485. The molecule has 5 nitrogen and oxygen atoms in total. The summed E-state index contributed by atoms with van der Waals surface area (Å²) < 4.78 is 44.4. The highest BCUT2D eigenvalue weighted by molar-refractivity contribution is 7.89. The van der Waals surface area contributed by atoms with Crippen LogP contribution in [0.1, 0.15) is 13.8 Å². The molecule has 0 aliphatic rings. The van der Waals surface area contributed by atoms with Gasteiger partial charge in [0.15, 0.2) is 0 Å². The molecule has 102 valence electrons. The summed E-state index contributed by atoms with van der Waals surface area (Å²) in [7, 11) is -3.78. The first-order chi connectivity index (χ1) is 8.35. The van der Waals surface area contributed by atoms with Gasteiger partial charge in [0, 0.05) is 18.3 Å². The second-order valence-electron chi connectivity index (χ2n) is 3.90. The number of ether oxygens (including phenoxy) is 1. The molecule has 1 atom stereocenters. The van der Waals surface area contributed by atoms with Crippen LogP contribution in [0.5, 0.6) is 0 Å². The third-order valence-electron chi connectivity index (χ3n) is 2.13. The maximum absolute atomic E-state index is 13.1. The average molecular weight is 276 g/mol. The number of nitrogens with two attached hydrogens (primary N) is 1. The molecule has 0 heterocycles. The maximum atomic E-state index is 13.1. The van der Waals surface area contributed by atoms with Crippen molar-refractivity contribution in [2.45, 2.75) is 24.8 Å². The fourth-order valence-electron chi connectivity index (χ4n) is 1.40. The van der Waals surface area contributed by atoms with Crippen LogP contribution in [0.4, 0.5) is 10.1 Å². The summed E-state index contributed by atoms with van der Waals surface area (Å²) in [6.07, 6.45) is 0. The molecule has 1 aromatic rings. The van der Waals surface area contributed by atoms with Gasteiger partial charge >= 0.3 is 0 Å². The lowest BCUT2D eigenvalue weighted by molar-refractivity contribution is 0.133. The number of nitrogen functional groups attached to an aromatic ring is 1. The standard InChI is InChI=1S/C11H17FN2O3S/c1-3-17-7-8(2)14-18(15,16)11-5-9(12)4-10(13)6-11/h4-6,8,14H,3,7,13H2,1-2H3. The van der Waals surface area contributed by atoms with Crippen LogP contribution in [0.15, 0.2) is 23.1 Å². The average Bonchev–Trinajstić information content (AvgIpc) is 2.24. The van der Waals surface area contributed by atoms with Gasteiger partial charge < -0.3 is 10.5 Å². The molecule has 0 aliphatic heterocycles. The van der Waals surface area contributed by atoms with E-state index in [0.29, 0.717) is 6.61 Å². The van der Waals surface area contributed by atoms with Crippen LogP contribution < -0.4 is 10.5 Å². The van der Waals surface area contributed by atoms with E-state index in [-0.39, 0.29) is 17.2 Å². The Labute approximate surface area is 106 Å². The molecular formula is C11H17FN2O3S. The van der Waals surface area contributed by atoms with E-state index in [2.05, 4.69) is 4.72 Å². The zero-order valence-corrected chi connectivity index (χ0v) is 11.1. The Morgan fingerprint density at radius 2 is 2.11 bits per heavy atom. The summed E-state index contributed by atoms with van der Waals surface area (Å²) in [4.78, 5) is -0.191. The predicted molar refractivity (Wildman–Crippen MR) is 67.1 cm³/mol. The molecule has 0 radical (unpaired) electrons. The number of hydrogen-bond donors (Lipinski definition) is 2. The van der Waals surface area contributed by atoms with Crippen LogP contribution in [0.2, 0.25) is 0 Å². The van der Waals surface area contributed by atoms with Gasteiger partial charge in [-0.2, -0.15) is 0 Å². The van der Waals surface area contributed by atoms with Crippen molar-refractivity contribution in [3.05, 3.63) is 24.0 Å². The number of sulfonamides is 1. The van der Waals surface area contributed by atoms with Gasteiger partial charge in [0.2, 0.25) is 10.0 Å². The topological polar surface area (TPSA) is 81.4 Å². The van der Waals surface area contributed by atoms with Crippen LogP contribution in [-0.2, 0) is 14.8 Å². The van der Waals surface area contributed by atoms with Crippen LogP contribution in [0, 0.1) is 5.82 Å². The Morgan fingerprint density at radius 3 is 2.67 bits per heavy atom. The van der Waals surface area contributed by atoms with Crippen molar-refractivity contribution in [2.75, 3.05) is 18.9 Å². The number of hydrogen-bond acceptors (Lipinski definition) is 4. The van der Waals surface area contributed by atoms with Gasteiger partial charge in [-0.3, -0.25) is 0 Å². The van der Waals surface area contributed by atoms with E-state index in [0.717, 1.165) is 12.1 Å². The second-order valence-corrected chi connectivity index (χ2v) is 5.62. The van der Waals surface area contributed by atoms with Crippen LogP contribution in [-0.4, -0.2) is 27.7 Å². The Morgan fingerprint density at radius 1 is 1.44 bits per heavy atom. The molecule has 0 saturated heterocycles. The number of anilines is 1. The lowest BCUT2D eigenvalue weighted by Gasteiger charge is -2.14. The molecule has 7 heteroatoms. The minimum atomic E-state index is -3.78. The maximum Gasteiger partial charge on any atom is 0.241 e. The van der Waals surface area contributed by atoms with E-state index in [1.54, 1.807) is 6.92 Å². The van der Waals surface area contributed by atoms with Crippen molar-refractivity contribution in [3.63, 3.8) is 0 Å². The monoisotopic (exact) mass is 276 g/mol. The van der Waals surface area contributed by atoms with E-state index in [9.17, 15) is 12.8 Å². The third-order valence-corrected chi connectivity index (χ3v) is 3.70. The lowest BCUT2D eigenvalue weighted by Crippen LogP contribution is -2.36. The first-order valence-electron chi connectivity index (χ1n) is 5.51. The van der Waals surface area contributed by atoms with Crippen molar-refractivity contribution < 1.29 is 17.5 Å². The third kappa shape index (κ3) is 4.25. The molecule has 0 spiro atoms. The number of nitrogens with one attached hydrogen (secondary N) is 1. The summed E-state index contributed by atoms with van der Waals surface area (Å²) in [6.45, 7) is 4.23. The SMILES string of the molecule is CCOCC(C)NS(=O)(=O)c1cc(N)cc(F)c1. The summed E-state index contributed by atoms with van der Waals surface area (Å²) in [5, 5.41) is 0. The summed E-state index contributed by atoms with van der Waals surface area (Å²) >= 11 is 0. The van der Waals surface area contributed by atoms with Crippen LogP contribution >= 0.6 is 0 Å². The predicted octanol–water partition coefficient (Wildman–Crippen LogP) is 1.11. The van der Waals surface area contributed by atoms with E-state index in [1.807, 2.05) is 6.92 Å². The number of benzene rings is 1. The van der Waals surface area contributed by atoms with E-state index in [4.69, 9.17) is 10.5 Å². The van der Waals surface area contributed by atoms with Gasteiger partial charge in [-0.1, -0.05) is 0 Å². The Kier molecular flexibility index (Phi) is 5.06. The molecule has 0 saturated carbocycles. The van der Waals surface area contributed by atoms with E-state index >= 15 is 0 Å². The highest BCUT2D eigenvalue weighted by Gasteiger charge is 2.18. The van der Waals surface area contributed by atoms with Crippen LogP contribution in [0.3, 0.4) is 0 Å². The highest BCUT2D eigenvalue weighted by atomic mass is 32.2. The molecule has 1 rings (SSSR count). The van der Waals surface area contributed by atoms with E-state index < -0.39 is 21.9 Å². The fourth-order valence-corrected chi connectivity index (χ4v) is 2.69. The normalized spacial score (nSPS) is 13.5. The first kappa shape index (κ1) is 14.9. The van der Waals surface area contributed by atoms with Gasteiger partial charge in [-0.15, -0.1) is 0 Å². The number of rotatable bonds is 6. The van der Waals surface area contributed by atoms with Gasteiger partial charge in [0.1, 0.15) is 5.82 Å². The highest BCUT2D eigenvalue weighted by Crippen LogP contribution is 2.16. The second kappa shape index (κ2) is 6.12. The summed E-state index contributed by atoms with van der Waals surface area (Å²) in [5.74, 6) is -0.687.